The van der Waals surface area contributed by atoms with Crippen molar-refractivity contribution in [3.05, 3.63) is 21.9 Å². The van der Waals surface area contributed by atoms with E-state index in [1.54, 1.807) is 22.7 Å². The fourth-order valence-electron chi connectivity index (χ4n) is 1.83. The van der Waals surface area contributed by atoms with Crippen molar-refractivity contribution in [1.29, 1.82) is 0 Å². The minimum absolute atomic E-state index is 0.000131. The molecule has 0 aromatic carbocycles. The van der Waals surface area contributed by atoms with Crippen LogP contribution in [0, 0.1) is 0 Å². The molecule has 20 heavy (non-hydrogen) atoms. The molecule has 0 unspecified atom stereocenters. The molecule has 0 saturated heterocycles. The maximum atomic E-state index is 10.2. The van der Waals surface area contributed by atoms with E-state index in [9.17, 15) is 10.2 Å². The third kappa shape index (κ3) is 2.86. The van der Waals surface area contributed by atoms with Gasteiger partial charge in [-0.05, 0) is 23.0 Å². The molecule has 0 spiro atoms. The summed E-state index contributed by atoms with van der Waals surface area (Å²) in [5.74, 6) is 0.523. The SMILES string of the molecule is CC(C)(C)c1cc(O)c(-c2sc(C(C)(C)C)cc2O)s1. The van der Waals surface area contributed by atoms with Gasteiger partial charge in [-0.2, -0.15) is 0 Å². The summed E-state index contributed by atoms with van der Waals surface area (Å²) in [6.07, 6.45) is 0. The van der Waals surface area contributed by atoms with E-state index in [2.05, 4.69) is 41.5 Å². The van der Waals surface area contributed by atoms with Crippen molar-refractivity contribution in [2.45, 2.75) is 52.4 Å². The Hall–Kier alpha value is -1.00. The predicted molar refractivity (Wildman–Crippen MR) is 88.4 cm³/mol. The zero-order valence-electron chi connectivity index (χ0n) is 12.9. The molecule has 4 heteroatoms. The maximum Gasteiger partial charge on any atom is 0.135 e. The monoisotopic (exact) mass is 310 g/mol. The third-order valence-corrected chi connectivity index (χ3v) is 6.37. The van der Waals surface area contributed by atoms with Gasteiger partial charge in [0, 0.05) is 9.75 Å². The second kappa shape index (κ2) is 4.78. The van der Waals surface area contributed by atoms with Crippen LogP contribution in [0.3, 0.4) is 0 Å². The van der Waals surface area contributed by atoms with Crippen molar-refractivity contribution in [2.75, 3.05) is 0 Å². The molecule has 2 N–H and O–H groups in total. The van der Waals surface area contributed by atoms with Crippen molar-refractivity contribution >= 4 is 22.7 Å². The number of rotatable bonds is 1. The third-order valence-electron chi connectivity index (χ3n) is 3.11. The van der Waals surface area contributed by atoms with Crippen LogP contribution in [0.5, 0.6) is 11.5 Å². The normalized spacial score (nSPS) is 12.9. The van der Waals surface area contributed by atoms with Crippen LogP contribution in [0.25, 0.3) is 9.75 Å². The first-order chi connectivity index (χ1) is 9.00. The molecule has 0 saturated carbocycles. The summed E-state index contributed by atoms with van der Waals surface area (Å²) in [6.45, 7) is 12.7. The molecule has 2 rings (SSSR count). The molecule has 2 aromatic heterocycles. The molecule has 0 amide bonds. The van der Waals surface area contributed by atoms with Crippen LogP contribution >= 0.6 is 22.7 Å². The van der Waals surface area contributed by atoms with E-state index in [1.165, 1.54) is 0 Å². The van der Waals surface area contributed by atoms with Crippen LogP contribution in [0.1, 0.15) is 51.3 Å². The van der Waals surface area contributed by atoms with Crippen molar-refractivity contribution in [3.8, 4) is 21.3 Å². The molecule has 110 valence electrons. The summed E-state index contributed by atoms with van der Waals surface area (Å²) in [5, 5.41) is 20.4. The molecular weight excluding hydrogens is 288 g/mol. The molecule has 0 radical (unpaired) electrons. The van der Waals surface area contributed by atoms with Gasteiger partial charge in [0.25, 0.3) is 0 Å². The average molecular weight is 310 g/mol. The fraction of sp³-hybridized carbons (Fsp3) is 0.500. The molecule has 2 aromatic rings. The number of aromatic hydroxyl groups is 2. The summed E-state index contributed by atoms with van der Waals surface area (Å²) in [7, 11) is 0. The Morgan fingerprint density at radius 3 is 1.20 bits per heavy atom. The Balaban J connectivity index is 2.53. The summed E-state index contributed by atoms with van der Waals surface area (Å²) < 4.78 is 0. The standard InChI is InChI=1S/C16H22O2S2/c1-15(2,3)11-7-9(17)13(19-11)14-10(18)8-12(20-14)16(4,5)6/h7-8,17-18H,1-6H3. The van der Waals surface area contributed by atoms with Gasteiger partial charge in [0.15, 0.2) is 0 Å². The van der Waals surface area contributed by atoms with Crippen LogP contribution < -0.4 is 0 Å². The Kier molecular flexibility index (Phi) is 3.68. The van der Waals surface area contributed by atoms with E-state index in [0.717, 1.165) is 19.5 Å². The lowest BCUT2D eigenvalue weighted by Gasteiger charge is -2.15. The first-order valence-corrected chi connectivity index (χ1v) is 8.30. The van der Waals surface area contributed by atoms with Crippen molar-refractivity contribution in [1.82, 2.24) is 0 Å². The maximum absolute atomic E-state index is 10.2. The average Bonchev–Trinajstić information content (AvgIpc) is 2.80. The minimum atomic E-state index is 0.000131. The lowest BCUT2D eigenvalue weighted by Crippen LogP contribution is -2.07. The van der Waals surface area contributed by atoms with Crippen LogP contribution in [-0.4, -0.2) is 10.2 Å². The molecule has 0 aliphatic heterocycles. The Morgan fingerprint density at radius 1 is 0.700 bits per heavy atom. The molecule has 0 aliphatic rings. The Bertz CT molecular complexity index is 566. The topological polar surface area (TPSA) is 40.5 Å². The minimum Gasteiger partial charge on any atom is -0.506 e. The van der Waals surface area contributed by atoms with Gasteiger partial charge < -0.3 is 10.2 Å². The Morgan fingerprint density at radius 2 is 1.00 bits per heavy atom. The summed E-state index contributed by atoms with van der Waals surface area (Å²) in [6, 6.07) is 3.63. The largest absolute Gasteiger partial charge is 0.506 e. The van der Waals surface area contributed by atoms with Gasteiger partial charge in [0.1, 0.15) is 11.5 Å². The summed E-state index contributed by atoms with van der Waals surface area (Å²) >= 11 is 3.12. The quantitative estimate of drug-likeness (QED) is 0.732. The first-order valence-electron chi connectivity index (χ1n) is 6.67. The number of hydrogen-bond donors (Lipinski definition) is 2. The van der Waals surface area contributed by atoms with Gasteiger partial charge in [-0.1, -0.05) is 41.5 Å². The molecular formula is C16H22O2S2. The van der Waals surface area contributed by atoms with Crippen LogP contribution in [-0.2, 0) is 10.8 Å². The van der Waals surface area contributed by atoms with E-state index < -0.39 is 0 Å². The van der Waals surface area contributed by atoms with E-state index in [-0.39, 0.29) is 22.3 Å². The van der Waals surface area contributed by atoms with Gasteiger partial charge >= 0.3 is 0 Å². The van der Waals surface area contributed by atoms with E-state index >= 15 is 0 Å². The lowest BCUT2D eigenvalue weighted by molar-refractivity contribution is 0.470. The van der Waals surface area contributed by atoms with Gasteiger partial charge in [-0.3, -0.25) is 0 Å². The highest BCUT2D eigenvalue weighted by Gasteiger charge is 2.25. The summed E-state index contributed by atoms with van der Waals surface area (Å²) in [4.78, 5) is 3.78. The van der Waals surface area contributed by atoms with Crippen molar-refractivity contribution in [3.63, 3.8) is 0 Å². The first kappa shape index (κ1) is 15.4. The molecule has 2 heterocycles. The van der Waals surface area contributed by atoms with Gasteiger partial charge in [-0.15, -0.1) is 22.7 Å². The second-order valence-corrected chi connectivity index (χ2v) is 9.25. The fourth-order valence-corrected chi connectivity index (χ4v) is 4.19. The predicted octanol–water partition coefficient (Wildman–Crippen LogP) is 5.48. The molecule has 2 nitrogen and oxygen atoms in total. The van der Waals surface area contributed by atoms with Crippen molar-refractivity contribution < 1.29 is 10.2 Å². The van der Waals surface area contributed by atoms with Crippen LogP contribution in [0.15, 0.2) is 12.1 Å². The van der Waals surface area contributed by atoms with Crippen LogP contribution in [0.4, 0.5) is 0 Å². The van der Waals surface area contributed by atoms with Gasteiger partial charge in [0.2, 0.25) is 0 Å². The van der Waals surface area contributed by atoms with E-state index in [0.29, 0.717) is 0 Å². The smallest absolute Gasteiger partial charge is 0.135 e. The highest BCUT2D eigenvalue weighted by molar-refractivity contribution is 7.23. The van der Waals surface area contributed by atoms with Gasteiger partial charge in [-0.25, -0.2) is 0 Å². The second-order valence-electron chi connectivity index (χ2n) is 7.15. The molecule has 0 atom stereocenters. The van der Waals surface area contributed by atoms with Crippen molar-refractivity contribution in [2.24, 2.45) is 0 Å². The molecule has 0 bridgehead atoms. The summed E-state index contributed by atoms with van der Waals surface area (Å²) in [5.41, 5.74) is 0.000263. The zero-order valence-corrected chi connectivity index (χ0v) is 14.5. The lowest BCUT2D eigenvalue weighted by atomic mass is 9.94. The van der Waals surface area contributed by atoms with Crippen LogP contribution in [0.2, 0.25) is 0 Å². The molecule has 0 fully saturated rings. The van der Waals surface area contributed by atoms with E-state index in [1.807, 2.05) is 12.1 Å². The highest BCUT2D eigenvalue weighted by Crippen LogP contribution is 2.49. The zero-order chi connectivity index (χ0) is 15.3. The molecule has 0 aliphatic carbocycles. The highest BCUT2D eigenvalue weighted by atomic mass is 32.1. The Labute approximate surface area is 128 Å². The van der Waals surface area contributed by atoms with E-state index in [4.69, 9.17) is 0 Å². The van der Waals surface area contributed by atoms with Gasteiger partial charge in [0.05, 0.1) is 9.75 Å². The number of hydrogen-bond acceptors (Lipinski definition) is 4. The number of thiophene rings is 2.